The average Bonchev–Trinajstić information content (AvgIpc) is 2.41. The lowest BCUT2D eigenvalue weighted by atomic mass is 10.1. The minimum Gasteiger partial charge on any atom is -0.380 e. The number of hydrogen-bond acceptors (Lipinski definition) is 3. The van der Waals surface area contributed by atoms with Crippen LogP contribution in [0.5, 0.6) is 0 Å². The second kappa shape index (κ2) is 6.83. The average molecular weight is 252 g/mol. The Labute approximate surface area is 108 Å². The zero-order valence-corrected chi connectivity index (χ0v) is 10.9. The first-order chi connectivity index (χ1) is 8.79. The van der Waals surface area contributed by atoms with Crippen molar-refractivity contribution >= 4 is 0 Å². The van der Waals surface area contributed by atoms with Crippen LogP contribution in [0.25, 0.3) is 0 Å². The van der Waals surface area contributed by atoms with E-state index in [4.69, 9.17) is 4.74 Å². The SMILES string of the molecule is COCc1ccc(CCN2CCNCC2)cc1F. The number of halogens is 1. The molecule has 0 aromatic heterocycles. The molecule has 0 aliphatic carbocycles. The first kappa shape index (κ1) is 13.5. The molecular weight excluding hydrogens is 231 g/mol. The van der Waals surface area contributed by atoms with E-state index in [-0.39, 0.29) is 5.82 Å². The van der Waals surface area contributed by atoms with Gasteiger partial charge in [0, 0.05) is 45.4 Å². The lowest BCUT2D eigenvalue weighted by Crippen LogP contribution is -2.44. The largest absolute Gasteiger partial charge is 0.380 e. The summed E-state index contributed by atoms with van der Waals surface area (Å²) < 4.78 is 18.6. The lowest BCUT2D eigenvalue weighted by Gasteiger charge is -2.27. The molecule has 0 spiro atoms. The van der Waals surface area contributed by atoms with Crippen molar-refractivity contribution in [2.75, 3.05) is 39.8 Å². The predicted octanol–water partition coefficient (Wildman–Crippen LogP) is 1.42. The molecule has 4 heteroatoms. The van der Waals surface area contributed by atoms with Crippen LogP contribution in [-0.4, -0.2) is 44.7 Å². The molecule has 0 amide bonds. The van der Waals surface area contributed by atoms with Gasteiger partial charge in [-0.1, -0.05) is 12.1 Å². The Morgan fingerprint density at radius 3 is 2.78 bits per heavy atom. The molecule has 1 N–H and O–H groups in total. The van der Waals surface area contributed by atoms with Crippen LogP contribution in [0.4, 0.5) is 4.39 Å². The van der Waals surface area contributed by atoms with E-state index < -0.39 is 0 Å². The highest BCUT2D eigenvalue weighted by molar-refractivity contribution is 5.24. The molecule has 18 heavy (non-hydrogen) atoms. The maximum atomic E-state index is 13.7. The number of rotatable bonds is 5. The molecule has 0 atom stereocenters. The van der Waals surface area contributed by atoms with Gasteiger partial charge in [-0.3, -0.25) is 0 Å². The fourth-order valence-electron chi connectivity index (χ4n) is 2.24. The smallest absolute Gasteiger partial charge is 0.128 e. The van der Waals surface area contributed by atoms with Crippen molar-refractivity contribution in [3.63, 3.8) is 0 Å². The molecule has 0 radical (unpaired) electrons. The Balaban J connectivity index is 1.87. The first-order valence-corrected chi connectivity index (χ1v) is 6.49. The third-order valence-electron chi connectivity index (χ3n) is 3.34. The highest BCUT2D eigenvalue weighted by atomic mass is 19.1. The van der Waals surface area contributed by atoms with Gasteiger partial charge < -0.3 is 15.0 Å². The van der Waals surface area contributed by atoms with E-state index >= 15 is 0 Å². The van der Waals surface area contributed by atoms with Crippen molar-refractivity contribution in [1.29, 1.82) is 0 Å². The Morgan fingerprint density at radius 2 is 2.11 bits per heavy atom. The van der Waals surface area contributed by atoms with Crippen LogP contribution in [-0.2, 0) is 17.8 Å². The van der Waals surface area contributed by atoms with Crippen LogP contribution < -0.4 is 5.32 Å². The molecule has 1 fully saturated rings. The second-order valence-corrected chi connectivity index (χ2v) is 4.70. The van der Waals surface area contributed by atoms with Gasteiger partial charge in [0.05, 0.1) is 6.61 Å². The molecule has 1 saturated heterocycles. The third kappa shape index (κ3) is 3.77. The number of ether oxygens (including phenoxy) is 1. The van der Waals surface area contributed by atoms with Crippen LogP contribution in [0.1, 0.15) is 11.1 Å². The molecule has 0 bridgehead atoms. The van der Waals surface area contributed by atoms with Gasteiger partial charge in [0.2, 0.25) is 0 Å². The summed E-state index contributed by atoms with van der Waals surface area (Å²) in [6.07, 6.45) is 0.907. The van der Waals surface area contributed by atoms with E-state index in [0.717, 1.165) is 44.7 Å². The molecule has 1 aliphatic rings. The standard InChI is InChI=1S/C14H21FN2O/c1-18-11-13-3-2-12(10-14(13)15)4-7-17-8-5-16-6-9-17/h2-3,10,16H,4-9,11H2,1H3. The molecule has 100 valence electrons. The monoisotopic (exact) mass is 252 g/mol. The summed E-state index contributed by atoms with van der Waals surface area (Å²) in [7, 11) is 1.58. The summed E-state index contributed by atoms with van der Waals surface area (Å²) in [5.74, 6) is -0.158. The van der Waals surface area contributed by atoms with E-state index in [1.54, 1.807) is 13.2 Å². The molecule has 0 unspecified atom stereocenters. The number of benzene rings is 1. The van der Waals surface area contributed by atoms with Crippen molar-refractivity contribution < 1.29 is 9.13 Å². The Morgan fingerprint density at radius 1 is 1.33 bits per heavy atom. The maximum absolute atomic E-state index is 13.7. The molecule has 1 heterocycles. The summed E-state index contributed by atoms with van der Waals surface area (Å²) in [4.78, 5) is 2.41. The van der Waals surface area contributed by atoms with Crippen molar-refractivity contribution in [1.82, 2.24) is 10.2 Å². The fraction of sp³-hybridized carbons (Fsp3) is 0.571. The first-order valence-electron chi connectivity index (χ1n) is 6.49. The molecule has 0 saturated carbocycles. The van der Waals surface area contributed by atoms with Crippen LogP contribution in [0.2, 0.25) is 0 Å². The van der Waals surface area contributed by atoms with Crippen LogP contribution in [0, 0.1) is 5.82 Å². The van der Waals surface area contributed by atoms with Gasteiger partial charge in [-0.2, -0.15) is 0 Å². The molecule has 1 aromatic carbocycles. The number of nitrogens with zero attached hydrogens (tertiary/aromatic N) is 1. The summed E-state index contributed by atoms with van der Waals surface area (Å²) in [5.41, 5.74) is 1.69. The van der Waals surface area contributed by atoms with Gasteiger partial charge in [-0.05, 0) is 18.1 Å². The molecule has 3 nitrogen and oxygen atoms in total. The van der Waals surface area contributed by atoms with Crippen LogP contribution in [0.15, 0.2) is 18.2 Å². The number of piperazine rings is 1. The van der Waals surface area contributed by atoms with E-state index in [1.807, 2.05) is 12.1 Å². The van der Waals surface area contributed by atoms with Crippen LogP contribution >= 0.6 is 0 Å². The minimum absolute atomic E-state index is 0.158. The Kier molecular flexibility index (Phi) is 5.11. The van der Waals surface area contributed by atoms with E-state index in [1.165, 1.54) is 0 Å². The van der Waals surface area contributed by atoms with Crippen molar-refractivity contribution in [2.45, 2.75) is 13.0 Å². The van der Waals surface area contributed by atoms with Crippen molar-refractivity contribution in [3.8, 4) is 0 Å². The highest BCUT2D eigenvalue weighted by Gasteiger charge is 2.09. The number of nitrogens with one attached hydrogen (secondary N) is 1. The fourth-order valence-corrected chi connectivity index (χ4v) is 2.24. The molecule has 1 aromatic rings. The second-order valence-electron chi connectivity index (χ2n) is 4.70. The van der Waals surface area contributed by atoms with E-state index in [2.05, 4.69) is 10.2 Å². The Hall–Kier alpha value is -0.970. The summed E-state index contributed by atoms with van der Waals surface area (Å²) in [6, 6.07) is 5.46. The normalized spacial score (nSPS) is 17.0. The van der Waals surface area contributed by atoms with Crippen molar-refractivity contribution in [3.05, 3.63) is 35.1 Å². The Bertz CT molecular complexity index is 378. The summed E-state index contributed by atoms with van der Waals surface area (Å²) >= 11 is 0. The van der Waals surface area contributed by atoms with Gasteiger partial charge >= 0.3 is 0 Å². The highest BCUT2D eigenvalue weighted by Crippen LogP contribution is 2.12. The van der Waals surface area contributed by atoms with Crippen LogP contribution in [0.3, 0.4) is 0 Å². The summed E-state index contributed by atoms with van der Waals surface area (Å²) in [5, 5.41) is 3.33. The maximum Gasteiger partial charge on any atom is 0.128 e. The van der Waals surface area contributed by atoms with Gasteiger partial charge in [0.15, 0.2) is 0 Å². The molecule has 2 rings (SSSR count). The zero-order valence-electron chi connectivity index (χ0n) is 10.9. The van der Waals surface area contributed by atoms with Crippen molar-refractivity contribution in [2.24, 2.45) is 0 Å². The van der Waals surface area contributed by atoms with Gasteiger partial charge in [0.1, 0.15) is 5.82 Å². The minimum atomic E-state index is -0.158. The van der Waals surface area contributed by atoms with Gasteiger partial charge in [-0.15, -0.1) is 0 Å². The topological polar surface area (TPSA) is 24.5 Å². The van der Waals surface area contributed by atoms with E-state index in [0.29, 0.717) is 12.2 Å². The predicted molar refractivity (Wildman–Crippen MR) is 70.1 cm³/mol. The molecule has 1 aliphatic heterocycles. The number of methoxy groups -OCH3 is 1. The lowest BCUT2D eigenvalue weighted by molar-refractivity contribution is 0.181. The summed E-state index contributed by atoms with van der Waals surface area (Å²) in [6.45, 7) is 5.63. The van der Waals surface area contributed by atoms with E-state index in [9.17, 15) is 4.39 Å². The van der Waals surface area contributed by atoms with Gasteiger partial charge in [-0.25, -0.2) is 4.39 Å². The zero-order chi connectivity index (χ0) is 12.8. The molecular formula is C14H21FN2O. The van der Waals surface area contributed by atoms with Gasteiger partial charge in [0.25, 0.3) is 0 Å². The number of hydrogen-bond donors (Lipinski definition) is 1. The quantitative estimate of drug-likeness (QED) is 0.858. The third-order valence-corrected chi connectivity index (χ3v) is 3.34.